The average Bonchev–Trinajstić information content (AvgIpc) is 3.50. The van der Waals surface area contributed by atoms with Crippen LogP contribution in [-0.2, 0) is 65.4 Å². The summed E-state index contributed by atoms with van der Waals surface area (Å²) in [7, 11) is -9.90. The number of ether oxygens (including phenoxy) is 4. The van der Waals surface area contributed by atoms with E-state index in [0.717, 1.165) is 108 Å². The molecular weight excluding hydrogens is 1160 g/mol. The van der Waals surface area contributed by atoms with Crippen molar-refractivity contribution in [3.05, 3.63) is 0 Å². The van der Waals surface area contributed by atoms with Gasteiger partial charge in [-0.2, -0.15) is 0 Å². The summed E-state index contributed by atoms with van der Waals surface area (Å²) >= 11 is 0. The fraction of sp³-hybridized carbons (Fsp3) is 0.942. The van der Waals surface area contributed by atoms with Crippen LogP contribution in [0.3, 0.4) is 0 Å². The van der Waals surface area contributed by atoms with Crippen molar-refractivity contribution in [1.29, 1.82) is 0 Å². The summed E-state index contributed by atoms with van der Waals surface area (Å²) in [6.07, 6.45) is 43.1. The lowest BCUT2D eigenvalue weighted by Gasteiger charge is -2.21. The van der Waals surface area contributed by atoms with E-state index < -0.39 is 97.5 Å². The van der Waals surface area contributed by atoms with E-state index in [9.17, 15) is 43.2 Å². The number of carbonyl (C=O) groups is 4. The summed E-state index contributed by atoms with van der Waals surface area (Å²) in [5.74, 6) is 0.160. The third-order valence-electron chi connectivity index (χ3n) is 16.2. The van der Waals surface area contributed by atoms with Gasteiger partial charge in [-0.3, -0.25) is 37.3 Å². The van der Waals surface area contributed by atoms with Gasteiger partial charge in [0.15, 0.2) is 12.2 Å². The van der Waals surface area contributed by atoms with Crippen molar-refractivity contribution in [3.63, 3.8) is 0 Å². The smallest absolute Gasteiger partial charge is 0.462 e. The number of aliphatic hydroxyl groups is 1. The Bertz CT molecular complexity index is 1730. The number of phosphoric ester groups is 2. The summed E-state index contributed by atoms with van der Waals surface area (Å²) in [6, 6.07) is 0. The molecule has 0 fully saturated rings. The quantitative estimate of drug-likeness (QED) is 0.0222. The zero-order chi connectivity index (χ0) is 65.2. The first-order valence-corrected chi connectivity index (χ1v) is 38.9. The van der Waals surface area contributed by atoms with Gasteiger partial charge >= 0.3 is 39.5 Å². The SMILES string of the molecule is CCCCCCCCCCC(=O)OC[C@H](COP(=O)(O)OC[C@H](O)COP(=O)(O)OC[C@@H](COC(=O)CCCCCCCCCCCCC(C)CC)OC(=O)CCCCCCCCCCCCCCCC(C)C)OC(=O)CCCCCCCCCC(C)C. The number of hydrogen-bond acceptors (Lipinski definition) is 15. The third kappa shape index (κ3) is 61.6. The molecule has 19 heteroatoms. The second-order valence-corrected chi connectivity index (χ2v) is 29.0. The number of hydrogen-bond donors (Lipinski definition) is 3. The minimum Gasteiger partial charge on any atom is -0.462 e. The van der Waals surface area contributed by atoms with Crippen molar-refractivity contribution >= 4 is 39.5 Å². The summed E-state index contributed by atoms with van der Waals surface area (Å²) in [5, 5.41) is 10.6. The standard InChI is InChI=1S/C69H134O17P2/c1-8-10-11-12-13-29-36-43-50-66(71)79-56-65(86-69(74)53-46-39-32-25-27-34-41-48-61(5)6)59-84-88(77,78)82-55-63(70)54-81-87(75,76)83-58-64(57-80-67(72)51-44-37-30-23-20-19-22-28-35-42-49-62(7)9-2)85-68(73)52-45-38-31-24-18-16-14-15-17-21-26-33-40-47-60(3)4/h60-65,70H,8-59H2,1-7H3,(H,75,76)(H,77,78)/t62?,63-,64-,65-/m1/s1. The van der Waals surface area contributed by atoms with Crippen molar-refractivity contribution in [2.75, 3.05) is 39.6 Å². The van der Waals surface area contributed by atoms with Crippen molar-refractivity contribution in [1.82, 2.24) is 0 Å². The number of carbonyl (C=O) groups excluding carboxylic acids is 4. The molecule has 0 heterocycles. The first-order valence-electron chi connectivity index (χ1n) is 35.9. The molecule has 88 heavy (non-hydrogen) atoms. The van der Waals surface area contributed by atoms with Crippen LogP contribution in [0.1, 0.15) is 344 Å². The molecule has 0 bridgehead atoms. The van der Waals surface area contributed by atoms with E-state index in [2.05, 4.69) is 48.5 Å². The van der Waals surface area contributed by atoms with Gasteiger partial charge in [0.2, 0.25) is 0 Å². The molecule has 0 saturated carbocycles. The predicted octanol–water partition coefficient (Wildman–Crippen LogP) is 19.5. The molecule has 3 unspecified atom stereocenters. The molecule has 0 spiro atoms. The monoisotopic (exact) mass is 1300 g/mol. The van der Waals surface area contributed by atoms with Crippen LogP contribution < -0.4 is 0 Å². The number of rotatable bonds is 67. The maximum atomic E-state index is 13.0. The second kappa shape index (κ2) is 60.0. The van der Waals surface area contributed by atoms with Crippen LogP contribution >= 0.6 is 15.6 Å². The number of aliphatic hydroxyl groups excluding tert-OH is 1. The van der Waals surface area contributed by atoms with Gasteiger partial charge in [-0.25, -0.2) is 9.13 Å². The van der Waals surface area contributed by atoms with Gasteiger partial charge in [0, 0.05) is 25.7 Å². The first kappa shape index (κ1) is 86.1. The highest BCUT2D eigenvalue weighted by atomic mass is 31.2. The first-order chi connectivity index (χ1) is 42.3. The lowest BCUT2D eigenvalue weighted by atomic mass is 9.99. The Labute approximate surface area is 537 Å². The van der Waals surface area contributed by atoms with Gasteiger partial charge < -0.3 is 33.8 Å². The molecule has 0 aromatic carbocycles. The van der Waals surface area contributed by atoms with Gasteiger partial charge in [0.1, 0.15) is 19.3 Å². The van der Waals surface area contributed by atoms with E-state index >= 15 is 0 Å². The van der Waals surface area contributed by atoms with E-state index in [-0.39, 0.29) is 25.7 Å². The summed E-state index contributed by atoms with van der Waals surface area (Å²) in [5.41, 5.74) is 0. The zero-order valence-electron chi connectivity index (χ0n) is 57.2. The van der Waals surface area contributed by atoms with Gasteiger partial charge in [0.25, 0.3) is 0 Å². The fourth-order valence-electron chi connectivity index (χ4n) is 10.3. The summed E-state index contributed by atoms with van der Waals surface area (Å²) in [6.45, 7) is 11.8. The Morgan fingerprint density at radius 3 is 0.864 bits per heavy atom. The van der Waals surface area contributed by atoms with Crippen molar-refractivity contribution in [3.8, 4) is 0 Å². The van der Waals surface area contributed by atoms with Crippen LogP contribution in [0.15, 0.2) is 0 Å². The van der Waals surface area contributed by atoms with E-state index in [4.69, 9.17) is 37.0 Å². The van der Waals surface area contributed by atoms with Crippen molar-refractivity contribution < 1.29 is 80.2 Å². The van der Waals surface area contributed by atoms with E-state index in [1.807, 2.05) is 0 Å². The molecule has 522 valence electrons. The topological polar surface area (TPSA) is 237 Å². The van der Waals surface area contributed by atoms with E-state index in [1.54, 1.807) is 0 Å². The number of phosphoric acid groups is 2. The van der Waals surface area contributed by atoms with Gasteiger partial charge in [-0.05, 0) is 43.4 Å². The average molecular weight is 1300 g/mol. The molecule has 0 aromatic heterocycles. The molecule has 0 aliphatic rings. The molecule has 6 atom stereocenters. The van der Waals surface area contributed by atoms with Crippen LogP contribution in [0.2, 0.25) is 0 Å². The highest BCUT2D eigenvalue weighted by Gasteiger charge is 2.30. The van der Waals surface area contributed by atoms with E-state index in [1.165, 1.54) is 148 Å². The normalized spacial score (nSPS) is 14.5. The Hall–Kier alpha value is -1.94. The lowest BCUT2D eigenvalue weighted by Crippen LogP contribution is -2.30. The molecule has 3 N–H and O–H groups in total. The maximum absolute atomic E-state index is 13.0. The van der Waals surface area contributed by atoms with Gasteiger partial charge in [-0.1, -0.05) is 292 Å². The van der Waals surface area contributed by atoms with Crippen molar-refractivity contribution in [2.45, 2.75) is 362 Å². The molecule has 0 saturated heterocycles. The minimum atomic E-state index is -4.95. The van der Waals surface area contributed by atoms with E-state index in [0.29, 0.717) is 31.6 Å². The van der Waals surface area contributed by atoms with Crippen LogP contribution in [0.5, 0.6) is 0 Å². The molecule has 0 radical (unpaired) electrons. The van der Waals surface area contributed by atoms with Gasteiger partial charge in [0.05, 0.1) is 26.4 Å². The number of esters is 4. The Kier molecular flexibility index (Phi) is 58.7. The van der Waals surface area contributed by atoms with Crippen LogP contribution in [0, 0.1) is 17.8 Å². The van der Waals surface area contributed by atoms with Crippen LogP contribution in [0.25, 0.3) is 0 Å². The number of unbranched alkanes of at least 4 members (excludes halogenated alkanes) is 34. The summed E-state index contributed by atoms with van der Waals surface area (Å²) in [4.78, 5) is 72.4. The molecular formula is C69H134O17P2. The van der Waals surface area contributed by atoms with Crippen LogP contribution in [0.4, 0.5) is 0 Å². The Morgan fingerprint density at radius 1 is 0.330 bits per heavy atom. The lowest BCUT2D eigenvalue weighted by molar-refractivity contribution is -0.161. The van der Waals surface area contributed by atoms with Gasteiger partial charge in [-0.15, -0.1) is 0 Å². The maximum Gasteiger partial charge on any atom is 0.472 e. The third-order valence-corrected chi connectivity index (χ3v) is 18.1. The molecule has 0 rings (SSSR count). The fourth-order valence-corrected chi connectivity index (χ4v) is 11.9. The molecule has 0 aliphatic carbocycles. The molecule has 17 nitrogen and oxygen atoms in total. The minimum absolute atomic E-state index is 0.103. The zero-order valence-corrected chi connectivity index (χ0v) is 59.0. The Morgan fingerprint density at radius 2 is 0.580 bits per heavy atom. The molecule has 0 aromatic rings. The largest absolute Gasteiger partial charge is 0.472 e. The Balaban J connectivity index is 5.23. The molecule has 0 amide bonds. The second-order valence-electron chi connectivity index (χ2n) is 26.1. The predicted molar refractivity (Wildman–Crippen MR) is 354 cm³/mol. The van der Waals surface area contributed by atoms with Crippen LogP contribution in [-0.4, -0.2) is 96.7 Å². The summed E-state index contributed by atoms with van der Waals surface area (Å²) < 4.78 is 68.2. The molecule has 0 aliphatic heterocycles. The highest BCUT2D eigenvalue weighted by molar-refractivity contribution is 7.47. The van der Waals surface area contributed by atoms with Crippen molar-refractivity contribution in [2.24, 2.45) is 17.8 Å². The highest BCUT2D eigenvalue weighted by Crippen LogP contribution is 2.45.